The molecule has 2 aromatic rings. The van der Waals surface area contributed by atoms with Crippen LogP contribution in [0.25, 0.3) is 0 Å². The zero-order valence-corrected chi connectivity index (χ0v) is 10.2. The fraction of sp³-hybridized carbons (Fsp3) is 0.143. The van der Waals surface area contributed by atoms with E-state index in [1.165, 1.54) is 18.2 Å². The van der Waals surface area contributed by atoms with Crippen molar-refractivity contribution in [2.24, 2.45) is 5.73 Å². The van der Waals surface area contributed by atoms with Gasteiger partial charge in [-0.15, -0.1) is 0 Å². The van der Waals surface area contributed by atoms with Gasteiger partial charge >= 0.3 is 0 Å². The lowest BCUT2D eigenvalue weighted by Crippen LogP contribution is -2.09. The lowest BCUT2D eigenvalue weighted by atomic mass is 10.1. The van der Waals surface area contributed by atoms with Crippen molar-refractivity contribution in [3.63, 3.8) is 0 Å². The van der Waals surface area contributed by atoms with Crippen LogP contribution in [0.4, 0.5) is 13.2 Å². The Morgan fingerprint density at radius 1 is 1.05 bits per heavy atom. The van der Waals surface area contributed by atoms with Crippen LogP contribution >= 0.6 is 0 Å². The fourth-order valence-electron chi connectivity index (χ4n) is 1.76. The summed E-state index contributed by atoms with van der Waals surface area (Å²) in [6.45, 7) is 1.59. The van der Waals surface area contributed by atoms with Crippen molar-refractivity contribution in [2.45, 2.75) is 13.0 Å². The second-order valence-electron chi connectivity index (χ2n) is 4.15. The molecule has 0 aliphatic heterocycles. The van der Waals surface area contributed by atoms with Crippen LogP contribution in [0.1, 0.15) is 18.5 Å². The number of rotatable bonds is 3. The van der Waals surface area contributed by atoms with E-state index in [4.69, 9.17) is 10.5 Å². The second kappa shape index (κ2) is 5.32. The van der Waals surface area contributed by atoms with Gasteiger partial charge in [0.15, 0.2) is 0 Å². The molecular formula is C14H12F3NO. The van der Waals surface area contributed by atoms with Gasteiger partial charge < -0.3 is 10.5 Å². The van der Waals surface area contributed by atoms with Crippen LogP contribution in [-0.4, -0.2) is 0 Å². The molecule has 0 spiro atoms. The van der Waals surface area contributed by atoms with Crippen molar-refractivity contribution < 1.29 is 17.9 Å². The lowest BCUT2D eigenvalue weighted by molar-refractivity contribution is 0.450. The number of halogens is 3. The summed E-state index contributed by atoms with van der Waals surface area (Å²) in [6, 6.07) is 6.33. The Balaban J connectivity index is 2.40. The minimum atomic E-state index is -0.770. The van der Waals surface area contributed by atoms with Crippen molar-refractivity contribution in [1.82, 2.24) is 0 Å². The molecule has 0 heterocycles. The highest BCUT2D eigenvalue weighted by molar-refractivity contribution is 5.40. The topological polar surface area (TPSA) is 35.2 Å². The number of hydrogen-bond donors (Lipinski definition) is 1. The van der Waals surface area contributed by atoms with E-state index in [0.717, 1.165) is 18.2 Å². The average molecular weight is 267 g/mol. The molecule has 19 heavy (non-hydrogen) atoms. The molecule has 0 amide bonds. The molecule has 2 N–H and O–H groups in total. The maximum Gasteiger partial charge on any atom is 0.135 e. The first-order chi connectivity index (χ1) is 8.97. The van der Waals surface area contributed by atoms with Crippen molar-refractivity contribution >= 4 is 0 Å². The first-order valence-corrected chi connectivity index (χ1v) is 5.65. The molecule has 0 aliphatic rings. The quantitative estimate of drug-likeness (QED) is 0.914. The van der Waals surface area contributed by atoms with Crippen LogP contribution in [-0.2, 0) is 0 Å². The Morgan fingerprint density at radius 3 is 2.26 bits per heavy atom. The third-order valence-corrected chi connectivity index (χ3v) is 2.53. The van der Waals surface area contributed by atoms with Crippen LogP contribution in [0.2, 0.25) is 0 Å². The molecule has 2 nitrogen and oxygen atoms in total. The summed E-state index contributed by atoms with van der Waals surface area (Å²) < 4.78 is 45.1. The van der Waals surface area contributed by atoms with Crippen molar-refractivity contribution in [3.8, 4) is 11.5 Å². The molecular weight excluding hydrogens is 255 g/mol. The Labute approximate surface area is 108 Å². The van der Waals surface area contributed by atoms with Crippen LogP contribution in [0.15, 0.2) is 36.4 Å². The van der Waals surface area contributed by atoms with Crippen molar-refractivity contribution in [2.75, 3.05) is 0 Å². The molecule has 0 saturated heterocycles. The van der Waals surface area contributed by atoms with E-state index in [9.17, 15) is 13.2 Å². The maximum absolute atomic E-state index is 13.7. The first-order valence-electron chi connectivity index (χ1n) is 5.65. The number of nitrogens with two attached hydrogens (primary N) is 1. The van der Waals surface area contributed by atoms with Crippen molar-refractivity contribution in [3.05, 3.63) is 59.4 Å². The Morgan fingerprint density at radius 2 is 1.68 bits per heavy atom. The predicted molar refractivity (Wildman–Crippen MR) is 65.4 cm³/mol. The fourth-order valence-corrected chi connectivity index (χ4v) is 1.76. The largest absolute Gasteiger partial charge is 0.457 e. The van der Waals surface area contributed by atoms with Gasteiger partial charge in [-0.25, -0.2) is 13.2 Å². The first kappa shape index (κ1) is 13.4. The summed E-state index contributed by atoms with van der Waals surface area (Å²) in [4.78, 5) is 0. The molecule has 100 valence electrons. The monoisotopic (exact) mass is 267 g/mol. The molecule has 0 fully saturated rings. The summed E-state index contributed by atoms with van der Waals surface area (Å²) in [5, 5.41) is 0. The van der Waals surface area contributed by atoms with Gasteiger partial charge in [0.2, 0.25) is 0 Å². The van der Waals surface area contributed by atoms with E-state index in [1.54, 1.807) is 6.92 Å². The molecule has 0 saturated carbocycles. The van der Waals surface area contributed by atoms with E-state index < -0.39 is 23.5 Å². The molecule has 0 radical (unpaired) electrons. The predicted octanol–water partition coefficient (Wildman–Crippen LogP) is 3.92. The third-order valence-electron chi connectivity index (χ3n) is 2.53. The van der Waals surface area contributed by atoms with E-state index in [1.807, 2.05) is 0 Å². The van der Waals surface area contributed by atoms with E-state index in [-0.39, 0.29) is 17.1 Å². The molecule has 0 bridgehead atoms. The van der Waals surface area contributed by atoms with Crippen molar-refractivity contribution in [1.29, 1.82) is 0 Å². The Bertz CT molecular complexity index is 579. The van der Waals surface area contributed by atoms with Gasteiger partial charge in [0.1, 0.15) is 29.0 Å². The molecule has 0 aromatic heterocycles. The number of benzene rings is 2. The maximum atomic E-state index is 13.7. The molecule has 1 atom stereocenters. The summed E-state index contributed by atoms with van der Waals surface area (Å²) in [6.07, 6.45) is 0. The van der Waals surface area contributed by atoms with Gasteiger partial charge in [-0.2, -0.15) is 0 Å². The minimum absolute atomic E-state index is 0.0509. The zero-order chi connectivity index (χ0) is 14.0. The SMILES string of the molecule is CC(N)c1c(F)cccc1Oc1cc(F)cc(F)c1. The molecule has 5 heteroatoms. The van der Waals surface area contributed by atoms with Gasteiger partial charge in [-0.1, -0.05) is 6.07 Å². The second-order valence-corrected chi connectivity index (χ2v) is 4.15. The summed E-state index contributed by atoms with van der Waals surface area (Å²) in [7, 11) is 0. The summed E-state index contributed by atoms with van der Waals surface area (Å²) in [5.74, 6) is -1.98. The van der Waals surface area contributed by atoms with Crippen LogP contribution < -0.4 is 10.5 Å². The zero-order valence-electron chi connectivity index (χ0n) is 10.2. The van der Waals surface area contributed by atoms with Gasteiger partial charge in [0.25, 0.3) is 0 Å². The van der Waals surface area contributed by atoms with E-state index in [0.29, 0.717) is 0 Å². The lowest BCUT2D eigenvalue weighted by Gasteiger charge is -2.14. The van der Waals surface area contributed by atoms with Crippen LogP contribution in [0.3, 0.4) is 0 Å². The molecule has 2 rings (SSSR count). The number of ether oxygens (including phenoxy) is 1. The molecule has 1 unspecified atom stereocenters. The van der Waals surface area contributed by atoms with E-state index in [2.05, 4.69) is 0 Å². The van der Waals surface area contributed by atoms with Crippen LogP contribution in [0, 0.1) is 17.5 Å². The molecule has 0 aliphatic carbocycles. The normalized spacial score (nSPS) is 12.3. The number of hydrogen-bond acceptors (Lipinski definition) is 2. The van der Waals surface area contributed by atoms with Gasteiger partial charge in [0.05, 0.1) is 0 Å². The standard InChI is InChI=1S/C14H12F3NO/c1-8(18)14-12(17)3-2-4-13(14)19-11-6-9(15)5-10(16)7-11/h2-8H,18H2,1H3. The summed E-state index contributed by atoms with van der Waals surface area (Å²) in [5.41, 5.74) is 5.82. The van der Waals surface area contributed by atoms with E-state index >= 15 is 0 Å². The van der Waals surface area contributed by atoms with Gasteiger partial charge in [-0.05, 0) is 19.1 Å². The third kappa shape index (κ3) is 3.06. The van der Waals surface area contributed by atoms with Gasteiger partial charge in [0, 0.05) is 29.8 Å². The van der Waals surface area contributed by atoms with Crippen LogP contribution in [0.5, 0.6) is 11.5 Å². The molecule has 2 aromatic carbocycles. The highest BCUT2D eigenvalue weighted by atomic mass is 19.1. The Hall–Kier alpha value is -2.01. The Kier molecular flexibility index (Phi) is 3.76. The average Bonchev–Trinajstić information content (AvgIpc) is 2.26. The summed E-state index contributed by atoms with van der Waals surface area (Å²) >= 11 is 0. The highest BCUT2D eigenvalue weighted by Gasteiger charge is 2.14. The minimum Gasteiger partial charge on any atom is -0.457 e. The smallest absolute Gasteiger partial charge is 0.135 e. The van der Waals surface area contributed by atoms with Gasteiger partial charge in [-0.3, -0.25) is 0 Å². The highest BCUT2D eigenvalue weighted by Crippen LogP contribution is 2.31.